The van der Waals surface area contributed by atoms with Crippen LogP contribution in [0.25, 0.3) is 16.1 Å². The van der Waals surface area contributed by atoms with Gasteiger partial charge in [0.15, 0.2) is 5.01 Å². The van der Waals surface area contributed by atoms with Crippen molar-refractivity contribution in [2.45, 2.75) is 43.7 Å². The van der Waals surface area contributed by atoms with Gasteiger partial charge in [0.1, 0.15) is 0 Å². The van der Waals surface area contributed by atoms with Gasteiger partial charge in [-0.15, -0.1) is 10.2 Å². The number of nitrogens with one attached hydrogen (secondary N) is 1. The third kappa shape index (κ3) is 2.39. The Labute approximate surface area is 160 Å². The lowest BCUT2D eigenvalue weighted by Crippen LogP contribution is -2.59. The first kappa shape index (κ1) is 15.8. The number of aliphatic hydroxyl groups is 1. The van der Waals surface area contributed by atoms with Crippen molar-refractivity contribution in [3.63, 3.8) is 0 Å². The van der Waals surface area contributed by atoms with E-state index >= 15 is 0 Å². The van der Waals surface area contributed by atoms with E-state index in [1.165, 1.54) is 24.2 Å². The molecule has 4 fully saturated rings. The van der Waals surface area contributed by atoms with Gasteiger partial charge in [0.25, 0.3) is 0 Å². The SMILES string of the molecule is Nc1nnc(-c2cnn3cccc3c2NC2[C@@H]3CC4C[C@H]2CC(O)(C4)C3)s1. The van der Waals surface area contributed by atoms with Gasteiger partial charge in [-0.05, 0) is 62.0 Å². The van der Waals surface area contributed by atoms with Crippen molar-refractivity contribution >= 4 is 27.7 Å². The molecule has 3 aromatic heterocycles. The molecular weight excluding hydrogens is 360 g/mol. The first-order valence-electron chi connectivity index (χ1n) is 9.63. The van der Waals surface area contributed by atoms with Crippen molar-refractivity contribution in [3.05, 3.63) is 24.5 Å². The van der Waals surface area contributed by atoms with Crippen molar-refractivity contribution in [2.75, 3.05) is 11.1 Å². The van der Waals surface area contributed by atoms with Crippen LogP contribution < -0.4 is 11.1 Å². The quantitative estimate of drug-likeness (QED) is 0.644. The van der Waals surface area contributed by atoms with Crippen molar-refractivity contribution in [1.29, 1.82) is 0 Å². The Kier molecular flexibility index (Phi) is 3.18. The molecule has 4 N–H and O–H groups in total. The number of nitrogens with zero attached hydrogens (tertiary/aromatic N) is 4. The van der Waals surface area contributed by atoms with Gasteiger partial charge in [0.05, 0.1) is 28.6 Å². The molecule has 0 amide bonds. The van der Waals surface area contributed by atoms with Gasteiger partial charge in [0.2, 0.25) is 5.13 Å². The molecular formula is C19H22N6OS. The van der Waals surface area contributed by atoms with Crippen molar-refractivity contribution < 1.29 is 5.11 Å². The summed E-state index contributed by atoms with van der Waals surface area (Å²) in [5, 5.41) is 28.8. The number of nitrogens with two attached hydrogens (primary N) is 1. The lowest BCUT2D eigenvalue weighted by molar-refractivity contribution is -0.129. The summed E-state index contributed by atoms with van der Waals surface area (Å²) in [6, 6.07) is 4.46. The second-order valence-corrected chi connectivity index (χ2v) is 9.59. The summed E-state index contributed by atoms with van der Waals surface area (Å²) in [5.41, 5.74) is 8.44. The molecule has 3 aromatic rings. The highest BCUT2D eigenvalue weighted by Gasteiger charge is 2.54. The van der Waals surface area contributed by atoms with E-state index in [-0.39, 0.29) is 0 Å². The molecule has 0 spiro atoms. The minimum Gasteiger partial charge on any atom is -0.390 e. The first-order valence-corrected chi connectivity index (χ1v) is 10.4. The minimum atomic E-state index is -0.423. The van der Waals surface area contributed by atoms with Gasteiger partial charge in [-0.3, -0.25) is 0 Å². The highest BCUT2D eigenvalue weighted by molar-refractivity contribution is 7.18. The summed E-state index contributed by atoms with van der Waals surface area (Å²) >= 11 is 1.38. The molecule has 4 bridgehead atoms. The number of anilines is 2. The molecule has 27 heavy (non-hydrogen) atoms. The van der Waals surface area contributed by atoms with Gasteiger partial charge < -0.3 is 16.2 Å². The molecule has 4 saturated carbocycles. The van der Waals surface area contributed by atoms with Crippen LogP contribution in [0.4, 0.5) is 10.8 Å². The molecule has 5 atom stereocenters. The molecule has 8 heteroatoms. The third-order valence-electron chi connectivity index (χ3n) is 6.79. The van der Waals surface area contributed by atoms with E-state index in [1.54, 1.807) is 0 Å². The Morgan fingerprint density at radius 2 is 2.04 bits per heavy atom. The van der Waals surface area contributed by atoms with Crippen LogP contribution in [0.3, 0.4) is 0 Å². The maximum atomic E-state index is 10.9. The molecule has 3 heterocycles. The topological polar surface area (TPSA) is 101 Å². The van der Waals surface area contributed by atoms with E-state index in [1.807, 2.05) is 23.0 Å². The van der Waals surface area contributed by atoms with Crippen LogP contribution in [-0.2, 0) is 0 Å². The smallest absolute Gasteiger partial charge is 0.203 e. The zero-order valence-electron chi connectivity index (χ0n) is 14.9. The molecule has 0 radical (unpaired) electrons. The van der Waals surface area contributed by atoms with Gasteiger partial charge in [-0.25, -0.2) is 4.52 Å². The highest BCUT2D eigenvalue weighted by atomic mass is 32.1. The van der Waals surface area contributed by atoms with Crippen molar-refractivity contribution in [3.8, 4) is 10.6 Å². The van der Waals surface area contributed by atoms with Crippen LogP contribution in [0.1, 0.15) is 32.1 Å². The number of hydrogen-bond donors (Lipinski definition) is 3. The first-order chi connectivity index (χ1) is 13.1. The fourth-order valence-corrected chi connectivity index (χ4v) is 6.66. The summed E-state index contributed by atoms with van der Waals surface area (Å²) in [4.78, 5) is 0. The Morgan fingerprint density at radius 1 is 1.22 bits per heavy atom. The second-order valence-electron chi connectivity index (χ2n) is 8.58. The van der Waals surface area contributed by atoms with Crippen molar-refractivity contribution in [2.24, 2.45) is 17.8 Å². The zero-order valence-corrected chi connectivity index (χ0v) is 15.7. The van der Waals surface area contributed by atoms with Gasteiger partial charge in [0, 0.05) is 12.2 Å². The molecule has 4 aliphatic carbocycles. The van der Waals surface area contributed by atoms with Crippen LogP contribution in [0.2, 0.25) is 0 Å². The summed E-state index contributed by atoms with van der Waals surface area (Å²) in [6.07, 6.45) is 9.08. The molecule has 0 aromatic carbocycles. The van der Waals surface area contributed by atoms with Crippen LogP contribution >= 0.6 is 11.3 Å². The largest absolute Gasteiger partial charge is 0.390 e. The highest BCUT2D eigenvalue weighted by Crippen LogP contribution is 2.56. The Morgan fingerprint density at radius 3 is 2.74 bits per heavy atom. The van der Waals surface area contributed by atoms with Crippen LogP contribution in [0, 0.1) is 17.8 Å². The maximum Gasteiger partial charge on any atom is 0.203 e. The van der Waals surface area contributed by atoms with E-state index in [4.69, 9.17) is 5.73 Å². The van der Waals surface area contributed by atoms with Crippen LogP contribution in [0.5, 0.6) is 0 Å². The van der Waals surface area contributed by atoms with E-state index in [2.05, 4.69) is 26.7 Å². The molecule has 7 nitrogen and oxygen atoms in total. The minimum absolute atomic E-state index is 0.381. The fourth-order valence-electron chi connectivity index (χ4n) is 6.03. The average Bonchev–Trinajstić information content (AvgIpc) is 3.25. The molecule has 0 aliphatic heterocycles. The number of nitrogen functional groups attached to an aromatic ring is 1. The molecule has 3 unspecified atom stereocenters. The molecule has 4 aliphatic rings. The lowest BCUT2D eigenvalue weighted by Gasteiger charge is -2.58. The van der Waals surface area contributed by atoms with Crippen molar-refractivity contribution in [1.82, 2.24) is 19.8 Å². The van der Waals surface area contributed by atoms with E-state index in [0.717, 1.165) is 41.0 Å². The third-order valence-corrected chi connectivity index (χ3v) is 7.57. The second kappa shape index (κ2) is 5.42. The monoisotopic (exact) mass is 382 g/mol. The molecule has 140 valence electrons. The average molecular weight is 382 g/mol. The Bertz CT molecular complexity index is 1010. The Hall–Kier alpha value is -2.19. The zero-order chi connectivity index (χ0) is 18.2. The number of hydrogen-bond acceptors (Lipinski definition) is 7. The standard InChI is InChI=1S/C19H22N6OS/c20-18-24-23-17(27-18)13-9-21-25-3-1-2-14(25)16(13)22-15-11-4-10-5-12(15)8-19(26,6-10)7-11/h1-3,9-12,15,22,26H,4-8H2,(H2,20,24)/t10?,11-,12+,15?,19?. The predicted octanol–water partition coefficient (Wildman–Crippen LogP) is 2.79. The van der Waals surface area contributed by atoms with Gasteiger partial charge in [-0.2, -0.15) is 5.10 Å². The summed E-state index contributed by atoms with van der Waals surface area (Å²) < 4.78 is 1.89. The fraction of sp³-hybridized carbons (Fsp3) is 0.526. The molecule has 7 rings (SSSR count). The Balaban J connectivity index is 1.43. The van der Waals surface area contributed by atoms with Crippen LogP contribution in [-0.4, -0.2) is 36.6 Å². The maximum absolute atomic E-state index is 10.9. The number of fused-ring (bicyclic) bond motifs is 1. The van der Waals surface area contributed by atoms with E-state index in [9.17, 15) is 5.11 Å². The van der Waals surface area contributed by atoms with Gasteiger partial charge in [-0.1, -0.05) is 11.3 Å². The van der Waals surface area contributed by atoms with Crippen LogP contribution in [0.15, 0.2) is 24.5 Å². The summed E-state index contributed by atoms with van der Waals surface area (Å²) in [7, 11) is 0. The number of rotatable bonds is 3. The van der Waals surface area contributed by atoms with E-state index in [0.29, 0.717) is 28.9 Å². The molecule has 0 saturated heterocycles. The summed E-state index contributed by atoms with van der Waals surface area (Å²) in [6.45, 7) is 0. The number of aromatic nitrogens is 4. The van der Waals surface area contributed by atoms with Gasteiger partial charge >= 0.3 is 0 Å². The van der Waals surface area contributed by atoms with E-state index < -0.39 is 5.60 Å². The predicted molar refractivity (Wildman–Crippen MR) is 104 cm³/mol. The lowest BCUT2D eigenvalue weighted by atomic mass is 9.52. The summed E-state index contributed by atoms with van der Waals surface area (Å²) in [5.74, 6) is 1.74. The normalized spacial score (nSPS) is 34.4.